The van der Waals surface area contributed by atoms with E-state index in [0.29, 0.717) is 18.3 Å². The number of hydrogen-bond donors (Lipinski definition) is 2. The van der Waals surface area contributed by atoms with Gasteiger partial charge in [-0.1, -0.05) is 56.9 Å². The fourth-order valence-electron chi connectivity index (χ4n) is 3.26. The Hall–Kier alpha value is -2.98. The summed E-state index contributed by atoms with van der Waals surface area (Å²) >= 11 is 0. The molecule has 0 saturated heterocycles. The Bertz CT molecular complexity index is 993. The van der Waals surface area contributed by atoms with Gasteiger partial charge in [-0.3, -0.25) is 9.98 Å². The van der Waals surface area contributed by atoms with Crippen LogP contribution < -0.4 is 11.5 Å². The summed E-state index contributed by atoms with van der Waals surface area (Å²) in [7, 11) is 0. The van der Waals surface area contributed by atoms with Gasteiger partial charge in [-0.15, -0.1) is 0 Å². The second-order valence-corrected chi connectivity index (χ2v) is 7.52. The summed E-state index contributed by atoms with van der Waals surface area (Å²) in [5.41, 5.74) is 17.1. The van der Waals surface area contributed by atoms with E-state index < -0.39 is 0 Å². The fourth-order valence-corrected chi connectivity index (χ4v) is 3.26. The Balaban J connectivity index is 1.98. The molecule has 2 aromatic rings. The highest BCUT2D eigenvalue weighted by atomic mass is 14.8. The number of nitrogens with two attached hydrogens (primary N) is 2. The molecule has 1 atom stereocenters. The van der Waals surface area contributed by atoms with E-state index in [1.165, 1.54) is 0 Å². The number of amidine groups is 1. The van der Waals surface area contributed by atoms with Gasteiger partial charge in [0.2, 0.25) is 0 Å². The third-order valence-electron chi connectivity index (χ3n) is 4.69. The smallest absolute Gasteiger partial charge is 0.119 e. The molecule has 3 rings (SSSR count). The lowest BCUT2D eigenvalue weighted by atomic mass is 9.95. The van der Waals surface area contributed by atoms with E-state index in [-0.39, 0.29) is 6.04 Å². The van der Waals surface area contributed by atoms with Crippen molar-refractivity contribution in [3.63, 3.8) is 0 Å². The van der Waals surface area contributed by atoms with E-state index in [2.05, 4.69) is 37.6 Å². The third-order valence-corrected chi connectivity index (χ3v) is 4.69. The molecule has 1 aliphatic rings. The molecule has 1 aromatic carbocycles. The van der Waals surface area contributed by atoms with E-state index in [9.17, 15) is 0 Å². The number of aliphatic imine (C=N–C) groups is 1. The van der Waals surface area contributed by atoms with Crippen molar-refractivity contribution in [3.05, 3.63) is 84.1 Å². The number of aromatic nitrogens is 1. The molecular formula is C24H28N4. The largest absolute Gasteiger partial charge is 0.384 e. The predicted octanol–water partition coefficient (Wildman–Crippen LogP) is 4.70. The van der Waals surface area contributed by atoms with Crippen molar-refractivity contribution >= 4 is 22.3 Å². The molecule has 1 aromatic heterocycles. The molecule has 4 nitrogen and oxygen atoms in total. The maximum Gasteiger partial charge on any atom is 0.119 e. The van der Waals surface area contributed by atoms with Gasteiger partial charge in [-0.2, -0.15) is 0 Å². The minimum atomic E-state index is -0.0425. The molecule has 4 N–H and O–H groups in total. The van der Waals surface area contributed by atoms with Crippen molar-refractivity contribution in [1.82, 2.24) is 4.98 Å². The van der Waals surface area contributed by atoms with Crippen LogP contribution in [-0.4, -0.2) is 17.4 Å². The molecule has 0 saturated carbocycles. The summed E-state index contributed by atoms with van der Waals surface area (Å²) in [4.78, 5) is 9.11. The Morgan fingerprint density at radius 2 is 1.96 bits per heavy atom. The molecule has 144 valence electrons. The minimum absolute atomic E-state index is 0.0425. The first kappa shape index (κ1) is 19.8. The SMILES string of the molecule is C=C1/C=C\C=C/C/N=C(N)\C=C/1c1ccc2nc(C(N)CC(C)C)ccc2c1. The van der Waals surface area contributed by atoms with Gasteiger partial charge in [0.1, 0.15) is 5.84 Å². The van der Waals surface area contributed by atoms with E-state index in [1.807, 2.05) is 48.6 Å². The molecule has 0 bridgehead atoms. The second kappa shape index (κ2) is 8.81. The van der Waals surface area contributed by atoms with Crippen LogP contribution in [-0.2, 0) is 0 Å². The van der Waals surface area contributed by atoms with Crippen LogP contribution in [0.5, 0.6) is 0 Å². The number of benzene rings is 1. The number of hydrogen-bond acceptors (Lipinski definition) is 4. The van der Waals surface area contributed by atoms with E-state index in [1.54, 1.807) is 0 Å². The predicted molar refractivity (Wildman–Crippen MR) is 120 cm³/mol. The maximum absolute atomic E-state index is 6.30. The molecule has 4 heteroatoms. The van der Waals surface area contributed by atoms with Crippen LogP contribution in [0.2, 0.25) is 0 Å². The lowest BCUT2D eigenvalue weighted by Gasteiger charge is -2.15. The Morgan fingerprint density at radius 3 is 2.75 bits per heavy atom. The van der Waals surface area contributed by atoms with Gasteiger partial charge in [0.25, 0.3) is 0 Å². The first-order valence-corrected chi connectivity index (χ1v) is 9.65. The van der Waals surface area contributed by atoms with Crippen molar-refractivity contribution in [1.29, 1.82) is 0 Å². The molecule has 0 radical (unpaired) electrons. The van der Waals surface area contributed by atoms with Crippen LogP contribution in [0.25, 0.3) is 16.5 Å². The van der Waals surface area contributed by atoms with Gasteiger partial charge in [0, 0.05) is 11.4 Å². The number of rotatable bonds is 4. The van der Waals surface area contributed by atoms with Gasteiger partial charge < -0.3 is 11.5 Å². The third kappa shape index (κ3) is 4.84. The molecule has 2 heterocycles. The van der Waals surface area contributed by atoms with Crippen LogP contribution in [0.15, 0.2) is 77.9 Å². The molecule has 1 unspecified atom stereocenters. The topological polar surface area (TPSA) is 77.3 Å². The monoisotopic (exact) mass is 372 g/mol. The van der Waals surface area contributed by atoms with Gasteiger partial charge in [-0.05, 0) is 53.3 Å². The van der Waals surface area contributed by atoms with Crippen molar-refractivity contribution in [3.8, 4) is 0 Å². The summed E-state index contributed by atoms with van der Waals surface area (Å²) in [5.74, 6) is 1.03. The van der Waals surface area contributed by atoms with Crippen molar-refractivity contribution in [2.45, 2.75) is 26.3 Å². The van der Waals surface area contributed by atoms with E-state index in [4.69, 9.17) is 16.5 Å². The van der Waals surface area contributed by atoms with Gasteiger partial charge in [0.15, 0.2) is 0 Å². The Morgan fingerprint density at radius 1 is 1.14 bits per heavy atom. The van der Waals surface area contributed by atoms with Gasteiger partial charge >= 0.3 is 0 Å². The Kier molecular flexibility index (Phi) is 6.22. The van der Waals surface area contributed by atoms with Crippen LogP contribution in [0, 0.1) is 5.92 Å². The average molecular weight is 373 g/mol. The van der Waals surface area contributed by atoms with Crippen LogP contribution in [0.1, 0.15) is 37.6 Å². The number of fused-ring (bicyclic) bond motifs is 1. The average Bonchev–Trinajstić information content (AvgIpc) is 2.67. The zero-order chi connectivity index (χ0) is 20.1. The first-order chi connectivity index (χ1) is 13.4. The lowest BCUT2D eigenvalue weighted by Crippen LogP contribution is -2.14. The molecular weight excluding hydrogens is 344 g/mol. The molecule has 1 aliphatic heterocycles. The van der Waals surface area contributed by atoms with Crippen LogP contribution >= 0.6 is 0 Å². The molecule has 0 aliphatic carbocycles. The normalized spacial score (nSPS) is 22.2. The number of pyridine rings is 1. The van der Waals surface area contributed by atoms with E-state index in [0.717, 1.165) is 39.7 Å². The maximum atomic E-state index is 6.30. The van der Waals surface area contributed by atoms with Crippen molar-refractivity contribution in [2.75, 3.05) is 6.54 Å². The van der Waals surface area contributed by atoms with E-state index >= 15 is 0 Å². The summed E-state index contributed by atoms with van der Waals surface area (Å²) in [6.07, 6.45) is 10.7. The zero-order valence-electron chi connectivity index (χ0n) is 16.6. The summed E-state index contributed by atoms with van der Waals surface area (Å²) in [6.45, 7) is 9.10. The Labute approximate surface area is 167 Å². The molecule has 28 heavy (non-hydrogen) atoms. The highest BCUT2D eigenvalue weighted by Gasteiger charge is 2.12. The highest BCUT2D eigenvalue weighted by molar-refractivity contribution is 6.02. The van der Waals surface area contributed by atoms with Crippen molar-refractivity contribution < 1.29 is 0 Å². The lowest BCUT2D eigenvalue weighted by molar-refractivity contribution is 0.503. The van der Waals surface area contributed by atoms with Crippen LogP contribution in [0.3, 0.4) is 0 Å². The highest BCUT2D eigenvalue weighted by Crippen LogP contribution is 2.27. The van der Waals surface area contributed by atoms with Crippen molar-refractivity contribution in [2.24, 2.45) is 22.4 Å². The standard InChI is InChI=1S/C24H28N4/c1-16(2)13-21(25)23-11-9-19-14-18(8-10-22(19)28-23)20-15-24(26)27-12-6-4-5-7-17(20)3/h4-11,14-16,21H,3,12-13,25H2,1-2H3,(H2,26,27)/b6-4-,7-5-,20-15+. The number of nitrogens with zero attached hydrogens (tertiary/aromatic N) is 2. The quantitative estimate of drug-likeness (QED) is 0.816. The molecule has 0 amide bonds. The second-order valence-electron chi connectivity index (χ2n) is 7.52. The molecule has 0 spiro atoms. The van der Waals surface area contributed by atoms with Gasteiger partial charge in [0.05, 0.1) is 17.8 Å². The summed E-state index contributed by atoms with van der Waals surface area (Å²) < 4.78 is 0. The first-order valence-electron chi connectivity index (χ1n) is 9.65. The number of allylic oxidation sites excluding steroid dienone is 5. The van der Waals surface area contributed by atoms with Gasteiger partial charge in [-0.25, -0.2) is 0 Å². The summed E-state index contributed by atoms with van der Waals surface area (Å²) in [6, 6.07) is 10.3. The fraction of sp³-hybridized carbons (Fsp3) is 0.250. The minimum Gasteiger partial charge on any atom is -0.384 e. The molecule has 0 fully saturated rings. The van der Waals surface area contributed by atoms with Crippen LogP contribution in [0.4, 0.5) is 0 Å². The summed E-state index contributed by atoms with van der Waals surface area (Å²) in [5, 5.41) is 1.06. The zero-order valence-corrected chi connectivity index (χ0v) is 16.6.